The maximum atomic E-state index is 5.96. The van der Waals surface area contributed by atoms with Crippen LogP contribution in [0.5, 0.6) is 0 Å². The highest BCUT2D eigenvalue weighted by atomic mass is 35.5. The van der Waals surface area contributed by atoms with Crippen molar-refractivity contribution in [2.45, 2.75) is 38.9 Å². The zero-order chi connectivity index (χ0) is 13.5. The third kappa shape index (κ3) is 3.20. The van der Waals surface area contributed by atoms with Gasteiger partial charge in [-0.2, -0.15) is 4.98 Å². The second-order valence-corrected chi connectivity index (χ2v) is 6.56. The molecule has 3 heterocycles. The van der Waals surface area contributed by atoms with Crippen LogP contribution in [0.15, 0.2) is 16.0 Å². The van der Waals surface area contributed by atoms with Crippen LogP contribution in [0.3, 0.4) is 0 Å². The van der Waals surface area contributed by atoms with Crippen molar-refractivity contribution in [1.29, 1.82) is 0 Å². The summed E-state index contributed by atoms with van der Waals surface area (Å²) in [5.41, 5.74) is 6.83. The quantitative estimate of drug-likeness (QED) is 0.941. The van der Waals surface area contributed by atoms with E-state index in [0.717, 1.165) is 19.5 Å². The van der Waals surface area contributed by atoms with E-state index in [1.54, 1.807) is 0 Å². The molecule has 0 aromatic carbocycles. The van der Waals surface area contributed by atoms with Gasteiger partial charge in [0.2, 0.25) is 5.89 Å². The monoisotopic (exact) mass is 314 g/mol. The topological polar surface area (TPSA) is 68.2 Å². The molecule has 2 aromatic rings. The van der Waals surface area contributed by atoms with Gasteiger partial charge in [0.1, 0.15) is 0 Å². The van der Waals surface area contributed by atoms with E-state index in [1.165, 1.54) is 10.4 Å². The average Bonchev–Trinajstić information content (AvgIpc) is 2.95. The highest BCUT2D eigenvalue weighted by Gasteiger charge is 2.23. The fraction of sp³-hybridized carbons (Fsp3) is 0.538. The molecule has 0 spiro atoms. The second kappa shape index (κ2) is 5.81. The molecule has 0 amide bonds. The summed E-state index contributed by atoms with van der Waals surface area (Å²) in [5.74, 6) is 1.21. The zero-order valence-corrected chi connectivity index (χ0v) is 13.3. The molecule has 1 aliphatic heterocycles. The lowest BCUT2D eigenvalue weighted by molar-refractivity contribution is 0.211. The van der Waals surface area contributed by atoms with Gasteiger partial charge in [-0.05, 0) is 37.3 Å². The smallest absolute Gasteiger partial charge is 0.240 e. The number of thiophene rings is 1. The first kappa shape index (κ1) is 15.4. The Morgan fingerprint density at radius 1 is 1.50 bits per heavy atom. The maximum Gasteiger partial charge on any atom is 0.240 e. The molecule has 2 aromatic heterocycles. The minimum Gasteiger partial charge on any atom is -0.338 e. The van der Waals surface area contributed by atoms with Crippen LogP contribution >= 0.6 is 23.7 Å². The minimum atomic E-state index is -0.551. The Morgan fingerprint density at radius 3 is 3.00 bits per heavy atom. The molecule has 7 heteroatoms. The number of rotatable bonds is 3. The molecule has 2 N–H and O–H groups in total. The molecule has 20 heavy (non-hydrogen) atoms. The van der Waals surface area contributed by atoms with E-state index in [9.17, 15) is 0 Å². The van der Waals surface area contributed by atoms with E-state index < -0.39 is 5.54 Å². The van der Waals surface area contributed by atoms with Gasteiger partial charge in [-0.3, -0.25) is 4.90 Å². The van der Waals surface area contributed by atoms with E-state index in [1.807, 2.05) is 25.2 Å². The van der Waals surface area contributed by atoms with Crippen molar-refractivity contribution in [2.24, 2.45) is 5.73 Å². The van der Waals surface area contributed by atoms with Crippen LogP contribution in [-0.4, -0.2) is 21.6 Å². The second-order valence-electron chi connectivity index (χ2n) is 5.56. The number of nitrogens with two attached hydrogens (primary N) is 1. The Kier molecular flexibility index (Phi) is 4.49. The van der Waals surface area contributed by atoms with E-state index in [-0.39, 0.29) is 12.4 Å². The van der Waals surface area contributed by atoms with Crippen LogP contribution in [0.25, 0.3) is 0 Å². The standard InChI is InChI=1S/C13H18N4OS.ClH/c1-13(2,14)12-15-11(18-16-12)8-17-5-3-10-9(7-17)4-6-19-10;/h4,6H,3,5,7-8,14H2,1-2H3;1H. The van der Waals surface area contributed by atoms with Crippen LogP contribution in [0.1, 0.15) is 36.0 Å². The summed E-state index contributed by atoms with van der Waals surface area (Å²) in [6.07, 6.45) is 1.11. The maximum absolute atomic E-state index is 5.96. The number of hydrogen-bond donors (Lipinski definition) is 1. The lowest BCUT2D eigenvalue weighted by atomic mass is 10.1. The molecular formula is C13H19ClN4OS. The van der Waals surface area contributed by atoms with Crippen molar-refractivity contribution in [1.82, 2.24) is 15.0 Å². The zero-order valence-electron chi connectivity index (χ0n) is 11.6. The average molecular weight is 315 g/mol. The first-order valence-corrected chi connectivity index (χ1v) is 7.30. The normalized spacial score (nSPS) is 15.8. The number of halogens is 1. The molecule has 0 saturated heterocycles. The van der Waals surface area contributed by atoms with E-state index in [2.05, 4.69) is 26.5 Å². The van der Waals surface area contributed by atoms with Crippen LogP contribution < -0.4 is 5.73 Å². The fourth-order valence-electron chi connectivity index (χ4n) is 2.21. The van der Waals surface area contributed by atoms with Crippen molar-refractivity contribution in [3.63, 3.8) is 0 Å². The van der Waals surface area contributed by atoms with Gasteiger partial charge in [0.15, 0.2) is 5.82 Å². The molecule has 0 bridgehead atoms. The van der Waals surface area contributed by atoms with Gasteiger partial charge in [-0.25, -0.2) is 0 Å². The Hall–Kier alpha value is -0.950. The first-order chi connectivity index (χ1) is 9.02. The summed E-state index contributed by atoms with van der Waals surface area (Å²) in [7, 11) is 0. The Bertz CT molecular complexity index is 575. The predicted octanol–water partition coefficient (Wildman–Crippen LogP) is 2.31. The summed E-state index contributed by atoms with van der Waals surface area (Å²) in [5, 5.41) is 6.11. The molecule has 0 radical (unpaired) electrons. The molecule has 110 valence electrons. The van der Waals surface area contributed by atoms with E-state index in [0.29, 0.717) is 18.3 Å². The summed E-state index contributed by atoms with van der Waals surface area (Å²) < 4.78 is 5.28. The highest BCUT2D eigenvalue weighted by Crippen LogP contribution is 2.25. The summed E-state index contributed by atoms with van der Waals surface area (Å²) in [6.45, 7) is 6.44. The molecular weight excluding hydrogens is 296 g/mol. The van der Waals surface area contributed by atoms with Crippen molar-refractivity contribution >= 4 is 23.7 Å². The highest BCUT2D eigenvalue weighted by molar-refractivity contribution is 7.10. The Labute approximate surface area is 128 Å². The van der Waals surface area contributed by atoms with Crippen molar-refractivity contribution in [2.75, 3.05) is 6.54 Å². The number of fused-ring (bicyclic) bond motifs is 1. The van der Waals surface area contributed by atoms with Crippen molar-refractivity contribution in [3.05, 3.63) is 33.6 Å². The Morgan fingerprint density at radius 2 is 2.30 bits per heavy atom. The molecule has 5 nitrogen and oxygen atoms in total. The Balaban J connectivity index is 0.00000147. The summed E-state index contributed by atoms with van der Waals surface area (Å²) in [4.78, 5) is 8.21. The molecule has 0 saturated carbocycles. The van der Waals surface area contributed by atoms with Gasteiger partial charge < -0.3 is 10.3 Å². The van der Waals surface area contributed by atoms with Crippen molar-refractivity contribution in [3.8, 4) is 0 Å². The van der Waals surface area contributed by atoms with Crippen LogP contribution in [0, 0.1) is 0 Å². The van der Waals surface area contributed by atoms with E-state index >= 15 is 0 Å². The third-order valence-corrected chi connectivity index (χ3v) is 4.31. The number of aromatic nitrogens is 2. The van der Waals surface area contributed by atoms with E-state index in [4.69, 9.17) is 10.3 Å². The summed E-state index contributed by atoms with van der Waals surface area (Å²) in [6, 6.07) is 2.20. The largest absolute Gasteiger partial charge is 0.338 e. The van der Waals surface area contributed by atoms with Crippen LogP contribution in [-0.2, 0) is 25.0 Å². The van der Waals surface area contributed by atoms with Crippen molar-refractivity contribution < 1.29 is 4.52 Å². The van der Waals surface area contributed by atoms with Gasteiger partial charge in [0.05, 0.1) is 12.1 Å². The lowest BCUT2D eigenvalue weighted by Crippen LogP contribution is -2.31. The van der Waals surface area contributed by atoms with Gasteiger partial charge in [0, 0.05) is 18.0 Å². The SMILES string of the molecule is CC(C)(N)c1noc(CN2CCc3sccc3C2)n1.Cl. The van der Waals surface area contributed by atoms with Gasteiger partial charge in [0.25, 0.3) is 0 Å². The first-order valence-electron chi connectivity index (χ1n) is 6.42. The molecule has 3 rings (SSSR count). The third-order valence-electron chi connectivity index (χ3n) is 3.29. The molecule has 1 aliphatic rings. The number of nitrogens with zero attached hydrogens (tertiary/aromatic N) is 3. The summed E-state index contributed by atoms with van der Waals surface area (Å²) >= 11 is 1.85. The minimum absolute atomic E-state index is 0. The fourth-order valence-corrected chi connectivity index (χ4v) is 3.10. The van der Waals surface area contributed by atoms with Gasteiger partial charge in [-0.15, -0.1) is 23.7 Å². The lowest BCUT2D eigenvalue weighted by Gasteiger charge is -2.25. The number of hydrogen-bond acceptors (Lipinski definition) is 6. The molecule has 0 aliphatic carbocycles. The van der Waals surface area contributed by atoms with Gasteiger partial charge >= 0.3 is 0 Å². The molecule has 0 unspecified atom stereocenters. The van der Waals surface area contributed by atoms with Gasteiger partial charge in [-0.1, -0.05) is 5.16 Å². The van der Waals surface area contributed by atoms with Crippen LogP contribution in [0.2, 0.25) is 0 Å². The molecule has 0 atom stereocenters. The van der Waals surface area contributed by atoms with Crippen LogP contribution in [0.4, 0.5) is 0 Å². The predicted molar refractivity (Wildman–Crippen MR) is 80.9 cm³/mol. The molecule has 0 fully saturated rings.